The molecule has 0 radical (unpaired) electrons. The molecule has 0 spiro atoms. The van der Waals surface area contributed by atoms with Crippen LogP contribution in [0.1, 0.15) is 25.8 Å². The summed E-state index contributed by atoms with van der Waals surface area (Å²) in [5, 5.41) is 2.94. The van der Waals surface area contributed by atoms with E-state index in [1.54, 1.807) is 4.90 Å². The second-order valence-corrected chi connectivity index (χ2v) is 6.86. The van der Waals surface area contributed by atoms with Gasteiger partial charge in [-0.25, -0.2) is 9.59 Å². The summed E-state index contributed by atoms with van der Waals surface area (Å²) >= 11 is 0. The second kappa shape index (κ2) is 7.11. The van der Waals surface area contributed by atoms with Gasteiger partial charge in [0, 0.05) is 31.6 Å². The van der Waals surface area contributed by atoms with Crippen LogP contribution in [0.5, 0.6) is 0 Å². The predicted octanol–water partition coefficient (Wildman–Crippen LogP) is 2.45. The van der Waals surface area contributed by atoms with Crippen LogP contribution >= 0.6 is 0 Å². The Morgan fingerprint density at radius 3 is 2.79 bits per heavy atom. The number of carbonyl (C=O) groups is 2. The van der Waals surface area contributed by atoms with E-state index in [0.717, 1.165) is 12.0 Å². The molecule has 6 heteroatoms. The molecule has 2 fully saturated rings. The fourth-order valence-electron chi connectivity index (χ4n) is 3.41. The molecular weight excluding hydrogens is 306 g/mol. The normalized spacial score (nSPS) is 23.7. The molecule has 24 heavy (non-hydrogen) atoms. The van der Waals surface area contributed by atoms with Gasteiger partial charge in [0.2, 0.25) is 0 Å². The number of hydrogen-bond donors (Lipinski definition) is 1. The van der Waals surface area contributed by atoms with E-state index in [-0.39, 0.29) is 30.1 Å². The van der Waals surface area contributed by atoms with Gasteiger partial charge in [-0.2, -0.15) is 0 Å². The minimum Gasteiger partial charge on any atom is -0.449 e. The molecule has 2 aliphatic rings. The molecule has 1 N–H and O–H groups in total. The number of piperidine rings is 1. The number of benzene rings is 1. The number of fused-ring (bicyclic) bond motifs is 1. The molecular formula is C18H25N3O3. The lowest BCUT2D eigenvalue weighted by molar-refractivity contribution is -0.0242. The quantitative estimate of drug-likeness (QED) is 0.925. The van der Waals surface area contributed by atoms with E-state index < -0.39 is 0 Å². The zero-order valence-electron chi connectivity index (χ0n) is 14.3. The van der Waals surface area contributed by atoms with Gasteiger partial charge in [0.15, 0.2) is 0 Å². The number of urea groups is 1. The van der Waals surface area contributed by atoms with Crippen molar-refractivity contribution in [3.63, 3.8) is 0 Å². The average molecular weight is 331 g/mol. The molecule has 1 aromatic rings. The fraction of sp³-hybridized carbons (Fsp3) is 0.556. The van der Waals surface area contributed by atoms with Crippen molar-refractivity contribution in [1.29, 1.82) is 0 Å². The summed E-state index contributed by atoms with van der Waals surface area (Å²) in [5.41, 5.74) is 1.07. The summed E-state index contributed by atoms with van der Waals surface area (Å²) in [4.78, 5) is 28.2. The zero-order chi connectivity index (χ0) is 17.1. The minimum absolute atomic E-state index is 0.0121. The van der Waals surface area contributed by atoms with Crippen molar-refractivity contribution in [2.24, 2.45) is 5.92 Å². The third-order valence-corrected chi connectivity index (χ3v) is 4.67. The lowest BCUT2D eigenvalue weighted by Crippen LogP contribution is -2.61. The Balaban J connectivity index is 1.73. The van der Waals surface area contributed by atoms with Gasteiger partial charge in [0.05, 0.1) is 12.6 Å². The number of carbonyl (C=O) groups excluding carboxylic acids is 2. The van der Waals surface area contributed by atoms with Crippen molar-refractivity contribution in [3.05, 3.63) is 35.9 Å². The van der Waals surface area contributed by atoms with Crippen LogP contribution in [0.25, 0.3) is 0 Å². The average Bonchev–Trinajstić information content (AvgIpc) is 2.57. The maximum atomic E-state index is 12.3. The van der Waals surface area contributed by atoms with Gasteiger partial charge in [0.25, 0.3) is 0 Å². The molecule has 1 aromatic carbocycles. The minimum atomic E-state index is -0.286. The van der Waals surface area contributed by atoms with E-state index in [9.17, 15) is 9.59 Å². The molecule has 3 amide bonds. The standard InChI is InChI=1S/C18H25N3O3/c1-13(2)19-17(22)20-9-8-15-12-24-18(23)21(16(15)11-20)10-14-6-4-3-5-7-14/h3-7,13,15-16H,8-12H2,1-2H3,(H,19,22)/t15-,16+/m0/s1. The van der Waals surface area contributed by atoms with E-state index in [4.69, 9.17) is 4.74 Å². The summed E-state index contributed by atoms with van der Waals surface area (Å²) in [7, 11) is 0. The second-order valence-electron chi connectivity index (χ2n) is 6.86. The van der Waals surface area contributed by atoms with E-state index in [1.165, 1.54) is 0 Å². The summed E-state index contributed by atoms with van der Waals surface area (Å²) in [6.45, 7) is 6.13. The third kappa shape index (κ3) is 3.63. The van der Waals surface area contributed by atoms with Gasteiger partial charge >= 0.3 is 12.1 Å². The highest BCUT2D eigenvalue weighted by atomic mass is 16.6. The van der Waals surface area contributed by atoms with E-state index in [1.807, 2.05) is 49.1 Å². The molecule has 0 aliphatic carbocycles. The third-order valence-electron chi connectivity index (χ3n) is 4.67. The molecule has 3 rings (SSSR count). The molecule has 130 valence electrons. The van der Waals surface area contributed by atoms with Crippen molar-refractivity contribution in [2.45, 2.75) is 38.9 Å². The van der Waals surface area contributed by atoms with E-state index in [2.05, 4.69) is 5.32 Å². The number of hydrogen-bond acceptors (Lipinski definition) is 3. The van der Waals surface area contributed by atoms with Crippen LogP contribution in [-0.2, 0) is 11.3 Å². The van der Waals surface area contributed by atoms with Crippen molar-refractivity contribution in [3.8, 4) is 0 Å². The Labute approximate surface area is 142 Å². The van der Waals surface area contributed by atoms with Crippen molar-refractivity contribution >= 4 is 12.1 Å². The number of nitrogens with zero attached hydrogens (tertiary/aromatic N) is 2. The first-order valence-corrected chi connectivity index (χ1v) is 8.57. The van der Waals surface area contributed by atoms with E-state index >= 15 is 0 Å². The van der Waals surface area contributed by atoms with Crippen LogP contribution in [0.2, 0.25) is 0 Å². The molecule has 0 unspecified atom stereocenters. The molecule has 0 aromatic heterocycles. The van der Waals surface area contributed by atoms with Crippen molar-refractivity contribution in [2.75, 3.05) is 19.7 Å². The van der Waals surface area contributed by atoms with Crippen LogP contribution in [0.4, 0.5) is 9.59 Å². The molecule has 2 saturated heterocycles. The molecule has 2 atom stereocenters. The zero-order valence-corrected chi connectivity index (χ0v) is 14.3. The van der Waals surface area contributed by atoms with Gasteiger partial charge in [-0.1, -0.05) is 30.3 Å². The first-order valence-electron chi connectivity index (χ1n) is 8.57. The molecule has 6 nitrogen and oxygen atoms in total. The highest BCUT2D eigenvalue weighted by molar-refractivity contribution is 5.75. The first-order chi connectivity index (χ1) is 11.5. The topological polar surface area (TPSA) is 61.9 Å². The number of nitrogens with one attached hydrogen (secondary N) is 1. The predicted molar refractivity (Wildman–Crippen MR) is 90.5 cm³/mol. The number of amides is 3. The summed E-state index contributed by atoms with van der Waals surface area (Å²) < 4.78 is 5.36. The highest BCUT2D eigenvalue weighted by Gasteiger charge is 2.41. The summed E-state index contributed by atoms with van der Waals surface area (Å²) in [6.07, 6.45) is 0.570. The van der Waals surface area contributed by atoms with Crippen LogP contribution in [0.3, 0.4) is 0 Å². The van der Waals surface area contributed by atoms with Crippen LogP contribution in [0.15, 0.2) is 30.3 Å². The van der Waals surface area contributed by atoms with E-state index in [0.29, 0.717) is 26.2 Å². The Bertz CT molecular complexity index is 590. The molecule has 2 aliphatic heterocycles. The highest BCUT2D eigenvalue weighted by Crippen LogP contribution is 2.29. The number of rotatable bonds is 3. The largest absolute Gasteiger partial charge is 0.449 e. The van der Waals surface area contributed by atoms with Gasteiger partial charge in [-0.05, 0) is 25.8 Å². The van der Waals surface area contributed by atoms with Crippen molar-refractivity contribution in [1.82, 2.24) is 15.1 Å². The summed E-state index contributed by atoms with van der Waals surface area (Å²) in [5.74, 6) is 0.287. The van der Waals surface area contributed by atoms with Crippen LogP contribution in [-0.4, -0.2) is 53.7 Å². The lowest BCUT2D eigenvalue weighted by atomic mass is 9.90. The van der Waals surface area contributed by atoms with Crippen LogP contribution in [0, 0.1) is 5.92 Å². The number of likely N-dealkylation sites (tertiary alicyclic amines) is 1. The fourth-order valence-corrected chi connectivity index (χ4v) is 3.41. The van der Waals surface area contributed by atoms with Gasteiger partial charge in [0.1, 0.15) is 0 Å². The van der Waals surface area contributed by atoms with Crippen molar-refractivity contribution < 1.29 is 14.3 Å². The molecule has 0 saturated carbocycles. The first kappa shape index (κ1) is 16.6. The van der Waals surface area contributed by atoms with Gasteiger partial charge in [-0.3, -0.25) is 4.90 Å². The molecule has 2 heterocycles. The Morgan fingerprint density at radius 1 is 1.33 bits per heavy atom. The smallest absolute Gasteiger partial charge is 0.410 e. The SMILES string of the molecule is CC(C)NC(=O)N1CC[C@H]2COC(=O)N(Cc3ccccc3)[C@@H]2C1. The Hall–Kier alpha value is -2.24. The van der Waals surface area contributed by atoms with Crippen LogP contribution < -0.4 is 5.32 Å². The summed E-state index contributed by atoms with van der Waals surface area (Å²) in [6, 6.07) is 9.95. The lowest BCUT2D eigenvalue weighted by Gasteiger charge is -2.46. The Kier molecular flexibility index (Phi) is 4.92. The number of ether oxygens (including phenoxy) is 1. The number of cyclic esters (lactones) is 1. The molecule has 0 bridgehead atoms. The van der Waals surface area contributed by atoms with Gasteiger partial charge < -0.3 is 15.0 Å². The van der Waals surface area contributed by atoms with Gasteiger partial charge in [-0.15, -0.1) is 0 Å². The maximum absolute atomic E-state index is 12.3. The Morgan fingerprint density at radius 2 is 2.08 bits per heavy atom. The monoisotopic (exact) mass is 331 g/mol. The maximum Gasteiger partial charge on any atom is 0.410 e.